The molecule has 0 bridgehead atoms. The lowest BCUT2D eigenvalue weighted by Gasteiger charge is -2.33. The molecule has 64 heavy (non-hydrogen) atoms. The number of fused-ring (bicyclic) bond motifs is 5. The standard InChI is InChI=1S/C60H43N3O/c1-3-18-42(19-4-1)53-39-54(43-20-5-2-6-21-43)62-60(61-53)47-25-13-24-45(36-47)51-28-15-31-57-59(51)52-35-33-46(38-58(52)64-57)50-27-11-12-29-55(50)63(48-34-32-40-16-7-8-22-44(40)37-48)56-30-14-23-41-17-9-10-26-49(41)56/h1-39,53,60-62H. The van der Waals surface area contributed by atoms with Crippen LogP contribution in [0.4, 0.5) is 17.1 Å². The fourth-order valence-corrected chi connectivity index (χ4v) is 9.63. The molecule has 2 N–H and O–H groups in total. The van der Waals surface area contributed by atoms with Gasteiger partial charge in [0.25, 0.3) is 0 Å². The summed E-state index contributed by atoms with van der Waals surface area (Å²) in [6.07, 6.45) is 2.18. The minimum Gasteiger partial charge on any atom is -0.456 e. The molecular formula is C60H43N3O. The molecule has 10 aromatic carbocycles. The van der Waals surface area contributed by atoms with Crippen LogP contribution in [0.25, 0.3) is 71.4 Å². The average Bonchev–Trinajstić information content (AvgIpc) is 3.75. The molecule has 304 valence electrons. The van der Waals surface area contributed by atoms with Crippen LogP contribution in [0.3, 0.4) is 0 Å². The molecule has 11 aromatic rings. The Labute approximate surface area is 372 Å². The van der Waals surface area contributed by atoms with E-state index in [4.69, 9.17) is 4.42 Å². The molecule has 1 aliphatic rings. The predicted molar refractivity (Wildman–Crippen MR) is 267 cm³/mol. The van der Waals surface area contributed by atoms with E-state index >= 15 is 0 Å². The number of hydrogen-bond donors (Lipinski definition) is 2. The van der Waals surface area contributed by atoms with E-state index in [2.05, 4.69) is 252 Å². The van der Waals surface area contributed by atoms with Crippen LogP contribution in [0.2, 0.25) is 0 Å². The molecule has 0 saturated carbocycles. The first kappa shape index (κ1) is 37.6. The summed E-state index contributed by atoms with van der Waals surface area (Å²) in [5.41, 5.74) is 14.2. The van der Waals surface area contributed by atoms with Crippen molar-refractivity contribution in [2.75, 3.05) is 4.90 Å². The number of para-hydroxylation sites is 1. The molecule has 4 heteroatoms. The Hall–Kier alpha value is -8.18. The molecule has 12 rings (SSSR count). The summed E-state index contributed by atoms with van der Waals surface area (Å²) in [4.78, 5) is 2.41. The molecule has 4 nitrogen and oxygen atoms in total. The number of nitrogens with zero attached hydrogens (tertiary/aromatic N) is 1. The monoisotopic (exact) mass is 821 g/mol. The van der Waals surface area contributed by atoms with Gasteiger partial charge in [-0.1, -0.05) is 182 Å². The van der Waals surface area contributed by atoms with Crippen LogP contribution in [0.15, 0.2) is 241 Å². The fraction of sp³-hybridized carbons (Fsp3) is 0.0333. The second kappa shape index (κ2) is 15.9. The lowest BCUT2D eigenvalue weighted by Crippen LogP contribution is -2.39. The summed E-state index contributed by atoms with van der Waals surface area (Å²) in [5, 5.41) is 14.7. The summed E-state index contributed by atoms with van der Waals surface area (Å²) in [6.45, 7) is 0. The molecule has 1 aromatic heterocycles. The van der Waals surface area contributed by atoms with Crippen molar-refractivity contribution in [3.8, 4) is 22.3 Å². The SMILES string of the molecule is C1=C(c2ccccc2)NC(c2cccc(-c3cccc4oc5cc(-c6ccccc6N(c6ccc7ccccc7c6)c6cccc7ccccc67)ccc5c34)c2)NC1c1ccccc1. The first-order valence-electron chi connectivity index (χ1n) is 22.0. The molecule has 0 fully saturated rings. The van der Waals surface area contributed by atoms with Gasteiger partial charge in [-0.05, 0) is 104 Å². The first-order valence-corrected chi connectivity index (χ1v) is 22.0. The zero-order valence-electron chi connectivity index (χ0n) is 35.0. The molecule has 0 saturated heterocycles. The number of hydrogen-bond acceptors (Lipinski definition) is 4. The van der Waals surface area contributed by atoms with Gasteiger partial charge in [0.2, 0.25) is 0 Å². The van der Waals surface area contributed by atoms with Crippen LogP contribution >= 0.6 is 0 Å². The van der Waals surface area contributed by atoms with Gasteiger partial charge in [0.15, 0.2) is 0 Å². The molecule has 2 unspecified atom stereocenters. The third-order valence-electron chi connectivity index (χ3n) is 12.7. The van der Waals surface area contributed by atoms with E-state index in [0.29, 0.717) is 0 Å². The highest BCUT2D eigenvalue weighted by atomic mass is 16.3. The van der Waals surface area contributed by atoms with Gasteiger partial charge < -0.3 is 14.6 Å². The van der Waals surface area contributed by atoms with Gasteiger partial charge in [0, 0.05) is 33.1 Å². The lowest BCUT2D eigenvalue weighted by molar-refractivity contribution is 0.443. The Kier molecular flexibility index (Phi) is 9.36. The number of rotatable bonds is 8. The third-order valence-corrected chi connectivity index (χ3v) is 12.7. The van der Waals surface area contributed by atoms with E-state index in [9.17, 15) is 0 Å². The maximum absolute atomic E-state index is 6.78. The van der Waals surface area contributed by atoms with Gasteiger partial charge in [0.05, 0.1) is 17.4 Å². The highest BCUT2D eigenvalue weighted by Gasteiger charge is 2.25. The molecule has 2 atom stereocenters. The number of benzene rings is 10. The molecular weight excluding hydrogens is 779 g/mol. The zero-order chi connectivity index (χ0) is 42.4. The quantitative estimate of drug-likeness (QED) is 0.160. The van der Waals surface area contributed by atoms with Crippen LogP contribution in [0.1, 0.15) is 28.9 Å². The number of anilines is 3. The highest BCUT2D eigenvalue weighted by molar-refractivity contribution is 6.13. The topological polar surface area (TPSA) is 40.4 Å². The average molecular weight is 822 g/mol. The van der Waals surface area contributed by atoms with Crippen molar-refractivity contribution in [3.05, 3.63) is 253 Å². The predicted octanol–water partition coefficient (Wildman–Crippen LogP) is 15.7. The Bertz CT molecular complexity index is 3530. The van der Waals surface area contributed by atoms with Crippen LogP contribution in [0.5, 0.6) is 0 Å². The van der Waals surface area contributed by atoms with Crippen LogP contribution in [-0.4, -0.2) is 0 Å². The van der Waals surface area contributed by atoms with Gasteiger partial charge in [-0.3, -0.25) is 5.32 Å². The van der Waals surface area contributed by atoms with Gasteiger partial charge in [-0.15, -0.1) is 0 Å². The summed E-state index contributed by atoms with van der Waals surface area (Å²) >= 11 is 0. The Balaban J connectivity index is 0.944. The minimum atomic E-state index is -0.115. The van der Waals surface area contributed by atoms with E-state index in [1.807, 2.05) is 0 Å². The van der Waals surface area contributed by atoms with Crippen molar-refractivity contribution in [1.82, 2.24) is 10.6 Å². The first-order chi connectivity index (χ1) is 31.7. The van der Waals surface area contributed by atoms with Crippen LogP contribution in [-0.2, 0) is 0 Å². The van der Waals surface area contributed by atoms with Gasteiger partial charge >= 0.3 is 0 Å². The third kappa shape index (κ3) is 6.78. The van der Waals surface area contributed by atoms with Crippen LogP contribution < -0.4 is 15.5 Å². The summed E-state index contributed by atoms with van der Waals surface area (Å²) in [6, 6.07) is 82.6. The van der Waals surface area contributed by atoms with Crippen LogP contribution in [0, 0.1) is 0 Å². The summed E-state index contributed by atoms with van der Waals surface area (Å²) < 4.78 is 6.78. The van der Waals surface area contributed by atoms with E-state index in [1.54, 1.807) is 0 Å². The van der Waals surface area contributed by atoms with E-state index < -0.39 is 0 Å². The van der Waals surface area contributed by atoms with Gasteiger partial charge in [0.1, 0.15) is 17.3 Å². The number of furan rings is 1. The molecule has 0 amide bonds. The lowest BCUT2D eigenvalue weighted by atomic mass is 9.94. The van der Waals surface area contributed by atoms with Gasteiger partial charge in [-0.25, -0.2) is 0 Å². The molecule has 1 aliphatic heterocycles. The van der Waals surface area contributed by atoms with Crippen molar-refractivity contribution in [3.63, 3.8) is 0 Å². The second-order valence-corrected chi connectivity index (χ2v) is 16.6. The molecule has 0 spiro atoms. The van der Waals surface area contributed by atoms with Crippen molar-refractivity contribution < 1.29 is 4.42 Å². The highest BCUT2D eigenvalue weighted by Crippen LogP contribution is 2.46. The maximum atomic E-state index is 6.78. The van der Waals surface area contributed by atoms with Crippen molar-refractivity contribution in [1.29, 1.82) is 0 Å². The van der Waals surface area contributed by atoms with Gasteiger partial charge in [-0.2, -0.15) is 0 Å². The maximum Gasteiger partial charge on any atom is 0.136 e. The minimum absolute atomic E-state index is 0.0404. The second-order valence-electron chi connectivity index (χ2n) is 16.6. The van der Waals surface area contributed by atoms with Crippen molar-refractivity contribution in [2.45, 2.75) is 12.2 Å². The molecule has 0 aliphatic carbocycles. The normalized spacial score (nSPS) is 15.0. The van der Waals surface area contributed by atoms with Crippen molar-refractivity contribution in [2.24, 2.45) is 0 Å². The summed E-state index contributed by atoms with van der Waals surface area (Å²) in [7, 11) is 0. The summed E-state index contributed by atoms with van der Waals surface area (Å²) in [5.74, 6) is 0. The Morgan fingerprint density at radius 2 is 1.06 bits per heavy atom. The van der Waals surface area contributed by atoms with Crippen molar-refractivity contribution >= 4 is 66.2 Å². The Morgan fingerprint density at radius 3 is 1.95 bits per heavy atom. The molecule has 0 radical (unpaired) electrons. The van der Waals surface area contributed by atoms with E-state index in [0.717, 1.165) is 78.1 Å². The fourth-order valence-electron chi connectivity index (χ4n) is 9.63. The smallest absolute Gasteiger partial charge is 0.136 e. The number of nitrogens with one attached hydrogen (secondary N) is 2. The molecule has 2 heterocycles. The van der Waals surface area contributed by atoms with E-state index in [-0.39, 0.29) is 12.2 Å². The van der Waals surface area contributed by atoms with E-state index in [1.165, 1.54) is 27.1 Å². The largest absolute Gasteiger partial charge is 0.456 e. The zero-order valence-corrected chi connectivity index (χ0v) is 35.0. The Morgan fingerprint density at radius 1 is 0.406 bits per heavy atom.